The summed E-state index contributed by atoms with van der Waals surface area (Å²) in [5.74, 6) is 0.0346. The normalized spacial score (nSPS) is 17.4. The molecule has 1 unspecified atom stereocenters. The summed E-state index contributed by atoms with van der Waals surface area (Å²) in [7, 11) is 0. The molecular formula is C12H19NO3. The van der Waals surface area contributed by atoms with Gasteiger partial charge < -0.3 is 15.6 Å². The molecule has 3 N–H and O–H groups in total. The van der Waals surface area contributed by atoms with Crippen molar-refractivity contribution in [3.05, 3.63) is 23.5 Å². The van der Waals surface area contributed by atoms with Crippen LogP contribution in [0.5, 0.6) is 0 Å². The van der Waals surface area contributed by atoms with Crippen molar-refractivity contribution in [3.8, 4) is 0 Å². The number of rotatable bonds is 6. The number of carboxylic acid groups (broad SMARTS) is 1. The third-order valence-corrected chi connectivity index (χ3v) is 2.49. The summed E-state index contributed by atoms with van der Waals surface area (Å²) >= 11 is 0. The van der Waals surface area contributed by atoms with Gasteiger partial charge >= 0.3 is 5.97 Å². The van der Waals surface area contributed by atoms with E-state index in [1.165, 1.54) is 0 Å². The average molecular weight is 225 g/mol. The molecule has 4 heteroatoms. The number of nitrogens with two attached hydrogens (primary N) is 1. The number of carbonyl (C=O) groups is 1. The molecule has 0 spiro atoms. The molecule has 0 saturated heterocycles. The zero-order chi connectivity index (χ0) is 12.0. The molecular weight excluding hydrogens is 206 g/mol. The minimum Gasteiger partial charge on any atom is -0.498 e. The Bertz CT molecular complexity index is 307. The van der Waals surface area contributed by atoms with Crippen molar-refractivity contribution in [2.75, 3.05) is 6.61 Å². The van der Waals surface area contributed by atoms with E-state index in [1.54, 1.807) is 0 Å². The second-order valence-electron chi connectivity index (χ2n) is 3.96. The third-order valence-electron chi connectivity index (χ3n) is 2.49. The lowest BCUT2D eigenvalue weighted by Crippen LogP contribution is -2.30. The fourth-order valence-electron chi connectivity index (χ4n) is 1.55. The molecule has 4 nitrogen and oxygen atoms in total. The topological polar surface area (TPSA) is 72.5 Å². The molecule has 0 fully saturated rings. The first-order valence-electron chi connectivity index (χ1n) is 5.63. The highest BCUT2D eigenvalue weighted by Crippen LogP contribution is 2.22. The fraction of sp³-hybridized carbons (Fsp3) is 0.583. The molecule has 0 bridgehead atoms. The van der Waals surface area contributed by atoms with Gasteiger partial charge in [0, 0.05) is 6.42 Å². The summed E-state index contributed by atoms with van der Waals surface area (Å²) in [4.78, 5) is 10.6. The Morgan fingerprint density at radius 2 is 2.31 bits per heavy atom. The van der Waals surface area contributed by atoms with Crippen molar-refractivity contribution < 1.29 is 14.6 Å². The van der Waals surface area contributed by atoms with E-state index in [0.717, 1.165) is 37.2 Å². The molecule has 16 heavy (non-hydrogen) atoms. The Balaban J connectivity index is 2.44. The zero-order valence-corrected chi connectivity index (χ0v) is 9.61. The molecule has 0 aromatic carbocycles. The number of hydrogen-bond donors (Lipinski definition) is 2. The van der Waals surface area contributed by atoms with E-state index in [-0.39, 0.29) is 0 Å². The highest BCUT2D eigenvalue weighted by atomic mass is 16.5. The molecule has 0 heterocycles. The second-order valence-corrected chi connectivity index (χ2v) is 3.96. The van der Waals surface area contributed by atoms with Gasteiger partial charge in [-0.25, -0.2) is 0 Å². The van der Waals surface area contributed by atoms with Gasteiger partial charge in [-0.3, -0.25) is 4.79 Å². The Hall–Kier alpha value is -1.29. The van der Waals surface area contributed by atoms with Crippen LogP contribution >= 0.6 is 0 Å². The van der Waals surface area contributed by atoms with E-state index in [9.17, 15) is 4.79 Å². The summed E-state index contributed by atoms with van der Waals surface area (Å²) in [5, 5.41) is 8.69. The average Bonchev–Trinajstić information content (AvgIpc) is 2.28. The quantitative estimate of drug-likeness (QED) is 0.723. The van der Waals surface area contributed by atoms with Crippen molar-refractivity contribution in [1.82, 2.24) is 0 Å². The van der Waals surface area contributed by atoms with Crippen molar-refractivity contribution in [1.29, 1.82) is 0 Å². The highest BCUT2D eigenvalue weighted by Gasteiger charge is 2.15. The van der Waals surface area contributed by atoms with Gasteiger partial charge in [-0.05, 0) is 25.3 Å². The summed E-state index contributed by atoms with van der Waals surface area (Å²) < 4.78 is 5.50. The van der Waals surface area contributed by atoms with Crippen molar-refractivity contribution in [2.45, 2.75) is 38.6 Å². The lowest BCUT2D eigenvalue weighted by atomic mass is 9.97. The standard InChI is InChI=1S/C12H19NO3/c1-2-7-16-10-5-3-9(4-6-10)8-11(13)12(14)15/h3,5,11H,2,4,6-8,13H2,1H3,(H,14,15). The van der Waals surface area contributed by atoms with Crippen molar-refractivity contribution in [2.24, 2.45) is 5.73 Å². The SMILES string of the molecule is CCCOC1=CC=C(CC(N)C(=O)O)CC1. The summed E-state index contributed by atoms with van der Waals surface area (Å²) in [6, 6.07) is -0.794. The fourth-order valence-corrected chi connectivity index (χ4v) is 1.55. The molecule has 1 aliphatic carbocycles. The van der Waals surface area contributed by atoms with Crippen LogP contribution in [0.4, 0.5) is 0 Å². The predicted molar refractivity (Wildman–Crippen MR) is 61.9 cm³/mol. The molecule has 0 aromatic heterocycles. The molecule has 0 amide bonds. The lowest BCUT2D eigenvalue weighted by Gasteiger charge is -2.16. The van der Waals surface area contributed by atoms with E-state index >= 15 is 0 Å². The van der Waals surface area contributed by atoms with Crippen molar-refractivity contribution in [3.63, 3.8) is 0 Å². The maximum atomic E-state index is 10.6. The highest BCUT2D eigenvalue weighted by molar-refractivity contribution is 5.73. The lowest BCUT2D eigenvalue weighted by molar-refractivity contribution is -0.138. The Morgan fingerprint density at radius 1 is 1.56 bits per heavy atom. The Labute approximate surface area is 95.8 Å². The first kappa shape index (κ1) is 12.8. The van der Waals surface area contributed by atoms with Crippen LogP contribution in [0.15, 0.2) is 23.5 Å². The maximum absolute atomic E-state index is 10.6. The van der Waals surface area contributed by atoms with Crippen LogP contribution in [0.3, 0.4) is 0 Å². The van der Waals surface area contributed by atoms with Gasteiger partial charge in [0.15, 0.2) is 0 Å². The van der Waals surface area contributed by atoms with Gasteiger partial charge in [0.05, 0.1) is 12.4 Å². The molecule has 90 valence electrons. The van der Waals surface area contributed by atoms with Gasteiger partial charge in [-0.1, -0.05) is 18.6 Å². The molecule has 1 rings (SSSR count). The third kappa shape index (κ3) is 4.06. The first-order chi connectivity index (χ1) is 7.63. The molecule has 1 aliphatic rings. The van der Waals surface area contributed by atoms with E-state index < -0.39 is 12.0 Å². The predicted octanol–water partition coefficient (Wildman–Crippen LogP) is 1.82. The Kier molecular flexibility index (Phi) is 5.05. The van der Waals surface area contributed by atoms with E-state index in [0.29, 0.717) is 6.42 Å². The monoisotopic (exact) mass is 225 g/mol. The number of aliphatic carboxylic acids is 1. The van der Waals surface area contributed by atoms with Crippen LogP contribution in [-0.4, -0.2) is 23.7 Å². The first-order valence-corrected chi connectivity index (χ1v) is 5.63. The van der Waals surface area contributed by atoms with Crippen LogP contribution < -0.4 is 5.73 Å². The van der Waals surface area contributed by atoms with Crippen LogP contribution in [0.1, 0.15) is 32.6 Å². The largest absolute Gasteiger partial charge is 0.498 e. The van der Waals surface area contributed by atoms with Crippen LogP contribution in [0, 0.1) is 0 Å². The van der Waals surface area contributed by atoms with Gasteiger partial charge in [0.25, 0.3) is 0 Å². The van der Waals surface area contributed by atoms with E-state index in [4.69, 9.17) is 15.6 Å². The smallest absolute Gasteiger partial charge is 0.320 e. The molecule has 0 aromatic rings. The molecule has 0 radical (unpaired) electrons. The summed E-state index contributed by atoms with van der Waals surface area (Å²) in [5.41, 5.74) is 6.55. The van der Waals surface area contributed by atoms with Gasteiger partial charge in [-0.2, -0.15) is 0 Å². The summed E-state index contributed by atoms with van der Waals surface area (Å²) in [6.45, 7) is 2.81. The molecule has 0 aliphatic heterocycles. The number of allylic oxidation sites excluding steroid dienone is 3. The minimum absolute atomic E-state index is 0.424. The van der Waals surface area contributed by atoms with Gasteiger partial charge in [0.2, 0.25) is 0 Å². The molecule has 0 saturated carbocycles. The van der Waals surface area contributed by atoms with E-state index in [1.807, 2.05) is 12.2 Å². The van der Waals surface area contributed by atoms with Gasteiger partial charge in [-0.15, -0.1) is 0 Å². The second kappa shape index (κ2) is 6.33. The number of hydrogen-bond acceptors (Lipinski definition) is 3. The minimum atomic E-state index is -0.946. The van der Waals surface area contributed by atoms with Crippen LogP contribution in [-0.2, 0) is 9.53 Å². The number of carboxylic acids is 1. The Morgan fingerprint density at radius 3 is 2.81 bits per heavy atom. The summed E-state index contributed by atoms with van der Waals surface area (Å²) in [6.07, 6.45) is 6.96. The molecule has 1 atom stereocenters. The number of ether oxygens (including phenoxy) is 1. The maximum Gasteiger partial charge on any atom is 0.320 e. The van der Waals surface area contributed by atoms with Gasteiger partial charge in [0.1, 0.15) is 6.04 Å². The van der Waals surface area contributed by atoms with Crippen LogP contribution in [0.2, 0.25) is 0 Å². The zero-order valence-electron chi connectivity index (χ0n) is 9.61. The van der Waals surface area contributed by atoms with Crippen molar-refractivity contribution >= 4 is 5.97 Å². The van der Waals surface area contributed by atoms with Crippen LogP contribution in [0.25, 0.3) is 0 Å². The van der Waals surface area contributed by atoms with E-state index in [2.05, 4.69) is 6.92 Å².